The van der Waals surface area contributed by atoms with E-state index < -0.39 is 75.7 Å². The normalized spacial score (nSPS) is 26.0. The van der Waals surface area contributed by atoms with Crippen molar-refractivity contribution in [2.24, 2.45) is 0 Å². The van der Waals surface area contributed by atoms with E-state index in [1.807, 2.05) is 12.2 Å². The molecule has 0 aromatic heterocycles. The van der Waals surface area contributed by atoms with Gasteiger partial charge in [-0.05, 0) is 51.4 Å². The Morgan fingerprint density at radius 2 is 1.08 bits per heavy atom. The van der Waals surface area contributed by atoms with Gasteiger partial charge in [-0.2, -0.15) is 0 Å². The first-order valence-corrected chi connectivity index (χ1v) is 24.1. The number of phosphoric ester groups is 1. The summed E-state index contributed by atoms with van der Waals surface area (Å²) >= 11 is 0. The molecule has 1 heterocycles. The fraction of sp³-hybridized carbons (Fsp3) is 0.778. The number of hydrogen-bond donors (Lipinski definition) is 6. The molecule has 15 heteroatoms. The molecule has 0 amide bonds. The molecule has 0 radical (unpaired) electrons. The Kier molecular flexibility index (Phi) is 29.1. The summed E-state index contributed by atoms with van der Waals surface area (Å²) in [5.74, 6) is -1.18. The number of aliphatic hydroxyl groups excluding tert-OH is 5. The summed E-state index contributed by atoms with van der Waals surface area (Å²) in [4.78, 5) is 35.7. The number of carbonyl (C=O) groups is 2. The third-order valence-corrected chi connectivity index (χ3v) is 11.6. The summed E-state index contributed by atoms with van der Waals surface area (Å²) in [6, 6.07) is 0. The van der Waals surface area contributed by atoms with Crippen LogP contribution in [0.2, 0.25) is 0 Å². The van der Waals surface area contributed by atoms with Crippen LogP contribution < -0.4 is 0 Å². The Hall–Kier alpha value is -2.23. The van der Waals surface area contributed by atoms with Crippen LogP contribution in [0.4, 0.5) is 0 Å². The van der Waals surface area contributed by atoms with E-state index in [1.165, 1.54) is 57.8 Å². The van der Waals surface area contributed by atoms with E-state index in [0.717, 1.165) is 51.4 Å². The topological polar surface area (TPSA) is 222 Å². The van der Waals surface area contributed by atoms with E-state index >= 15 is 0 Å². The van der Waals surface area contributed by atoms with Crippen molar-refractivity contribution in [2.45, 2.75) is 210 Å². The molecule has 346 valence electrons. The van der Waals surface area contributed by atoms with Crippen molar-refractivity contribution in [2.75, 3.05) is 13.2 Å². The number of carbonyl (C=O) groups excluding carboxylic acids is 2. The lowest BCUT2D eigenvalue weighted by molar-refractivity contribution is -0.220. The number of ether oxygens (including phenoxy) is 3. The van der Waals surface area contributed by atoms with Crippen LogP contribution in [0.5, 0.6) is 0 Å². The van der Waals surface area contributed by atoms with Gasteiger partial charge in [0.15, 0.2) is 6.10 Å². The average molecular weight is 873 g/mol. The Morgan fingerprint density at radius 1 is 0.600 bits per heavy atom. The molecular weight excluding hydrogens is 795 g/mol. The first-order valence-electron chi connectivity index (χ1n) is 22.6. The highest BCUT2D eigenvalue weighted by Crippen LogP contribution is 2.47. The van der Waals surface area contributed by atoms with Gasteiger partial charge in [0.2, 0.25) is 0 Å². The van der Waals surface area contributed by atoms with Crippen LogP contribution in [0.25, 0.3) is 0 Å². The number of allylic oxidation sites excluding steroid dienone is 6. The van der Waals surface area contributed by atoms with Crippen molar-refractivity contribution < 1.29 is 67.8 Å². The van der Waals surface area contributed by atoms with Crippen LogP contribution in [-0.4, -0.2) is 111 Å². The van der Waals surface area contributed by atoms with E-state index in [0.29, 0.717) is 19.3 Å². The quantitative estimate of drug-likeness (QED) is 0.0120. The highest BCUT2D eigenvalue weighted by atomic mass is 31.2. The largest absolute Gasteiger partial charge is 0.472 e. The third kappa shape index (κ3) is 24.4. The van der Waals surface area contributed by atoms with Crippen molar-refractivity contribution in [3.8, 4) is 0 Å². The highest BCUT2D eigenvalue weighted by molar-refractivity contribution is 7.47. The Labute approximate surface area is 358 Å². The molecule has 2 aliphatic rings. The molecule has 6 N–H and O–H groups in total. The lowest BCUT2D eigenvalue weighted by Gasteiger charge is -2.41. The van der Waals surface area contributed by atoms with Gasteiger partial charge in [-0.15, -0.1) is 0 Å². The molecule has 14 nitrogen and oxygen atoms in total. The Bertz CT molecular complexity index is 1300. The zero-order valence-electron chi connectivity index (χ0n) is 36.2. The number of aliphatic hydroxyl groups is 5. The van der Waals surface area contributed by atoms with Gasteiger partial charge in [-0.3, -0.25) is 18.6 Å². The summed E-state index contributed by atoms with van der Waals surface area (Å²) in [6.45, 7) is 3.11. The van der Waals surface area contributed by atoms with E-state index in [-0.39, 0.29) is 25.0 Å². The molecule has 8 atom stereocenters. The maximum absolute atomic E-state index is 12.8. The maximum atomic E-state index is 12.8. The van der Waals surface area contributed by atoms with Crippen LogP contribution in [0.1, 0.15) is 155 Å². The number of phosphoric acid groups is 1. The molecule has 0 aromatic carbocycles. The molecule has 1 aliphatic carbocycles. The van der Waals surface area contributed by atoms with Gasteiger partial charge in [-0.1, -0.05) is 140 Å². The minimum absolute atomic E-state index is 0.0102. The number of epoxide rings is 1. The maximum Gasteiger partial charge on any atom is 0.472 e. The summed E-state index contributed by atoms with van der Waals surface area (Å²) in [7, 11) is -5.14. The van der Waals surface area contributed by atoms with Crippen molar-refractivity contribution in [3.05, 3.63) is 48.6 Å². The van der Waals surface area contributed by atoms with E-state index in [4.69, 9.17) is 23.3 Å². The molecule has 0 aromatic rings. The van der Waals surface area contributed by atoms with E-state index in [2.05, 4.69) is 50.3 Å². The fourth-order valence-electron chi connectivity index (χ4n) is 6.83. The highest BCUT2D eigenvalue weighted by Gasteiger charge is 2.51. The monoisotopic (exact) mass is 873 g/mol. The number of unbranched alkanes of at least 4 members (excludes halogenated alkanes) is 13. The van der Waals surface area contributed by atoms with Gasteiger partial charge in [0.1, 0.15) is 43.2 Å². The van der Waals surface area contributed by atoms with Gasteiger partial charge >= 0.3 is 19.8 Å². The number of esters is 2. The average Bonchev–Trinajstić information content (AvgIpc) is 3.99. The zero-order valence-corrected chi connectivity index (χ0v) is 37.1. The van der Waals surface area contributed by atoms with Crippen LogP contribution in [0.3, 0.4) is 0 Å². The molecule has 1 saturated carbocycles. The summed E-state index contributed by atoms with van der Waals surface area (Å²) in [5.41, 5.74) is 0. The van der Waals surface area contributed by atoms with Crippen LogP contribution in [0.15, 0.2) is 48.6 Å². The smallest absolute Gasteiger partial charge is 0.462 e. The SMILES string of the molecule is CCC=CCC=CCC=CCC1OC1CC=CCCCC(=O)OC(COC(=O)CCCCCCCCCCCCCCC)COP(=O)(O)OC1C(O)C(O)C(O)C(O)C1O. The second kappa shape index (κ2) is 32.4. The second-order valence-corrected chi connectivity index (χ2v) is 17.3. The van der Waals surface area contributed by atoms with Gasteiger partial charge < -0.3 is 44.6 Å². The van der Waals surface area contributed by atoms with E-state index in [9.17, 15) is 44.6 Å². The molecule has 1 saturated heterocycles. The van der Waals surface area contributed by atoms with Crippen LogP contribution in [-0.2, 0) is 37.4 Å². The molecule has 0 bridgehead atoms. The number of rotatable bonds is 35. The molecular formula is C45H77O14P. The van der Waals surface area contributed by atoms with E-state index in [1.54, 1.807) is 0 Å². The predicted octanol–water partition coefficient (Wildman–Crippen LogP) is 7.38. The summed E-state index contributed by atoms with van der Waals surface area (Å²) < 4.78 is 39.2. The standard InChI is InChI=1S/C45H77O14P/c1-3-5-7-9-11-13-14-15-16-18-20-22-27-31-38(46)55-33-35(34-56-60(53,54)59-45-43(51)41(49)40(48)42(50)44(45)52)57-39(47)32-28-24-23-26-30-37-36(58-37)29-25-21-19-17-12-10-8-6-4-2/h6,8,12,17,21,23,25-26,35-37,40-45,48-52H,3-5,7,9-11,13-16,18-20,22,24,27-34H2,1-2H3,(H,53,54). The Morgan fingerprint density at radius 3 is 1.65 bits per heavy atom. The molecule has 0 spiro atoms. The summed E-state index contributed by atoms with van der Waals surface area (Å²) in [5, 5.41) is 50.1. The first kappa shape index (κ1) is 53.9. The van der Waals surface area contributed by atoms with Gasteiger partial charge in [0.25, 0.3) is 0 Å². The minimum atomic E-state index is -5.14. The molecule has 1 aliphatic heterocycles. The van der Waals surface area contributed by atoms with Crippen LogP contribution >= 0.6 is 7.82 Å². The second-order valence-electron chi connectivity index (χ2n) is 15.9. The third-order valence-electron chi connectivity index (χ3n) is 10.6. The van der Waals surface area contributed by atoms with Gasteiger partial charge in [-0.25, -0.2) is 4.57 Å². The first-order chi connectivity index (χ1) is 28.9. The molecule has 8 unspecified atom stereocenters. The van der Waals surface area contributed by atoms with Gasteiger partial charge in [0.05, 0.1) is 18.8 Å². The summed E-state index contributed by atoms with van der Waals surface area (Å²) in [6.07, 6.45) is 24.8. The van der Waals surface area contributed by atoms with Crippen molar-refractivity contribution in [3.63, 3.8) is 0 Å². The molecule has 2 rings (SSSR count). The van der Waals surface area contributed by atoms with Crippen molar-refractivity contribution >= 4 is 19.8 Å². The number of hydrogen-bond acceptors (Lipinski definition) is 13. The Balaban J connectivity index is 1.75. The van der Waals surface area contributed by atoms with Crippen molar-refractivity contribution in [1.29, 1.82) is 0 Å². The fourth-order valence-corrected chi connectivity index (χ4v) is 7.81. The lowest BCUT2D eigenvalue weighted by atomic mass is 9.85. The molecule has 2 fully saturated rings. The van der Waals surface area contributed by atoms with Gasteiger partial charge in [0, 0.05) is 12.8 Å². The van der Waals surface area contributed by atoms with Crippen LogP contribution in [0, 0.1) is 0 Å². The predicted molar refractivity (Wildman–Crippen MR) is 230 cm³/mol. The minimum Gasteiger partial charge on any atom is -0.462 e. The molecule has 60 heavy (non-hydrogen) atoms. The lowest BCUT2D eigenvalue weighted by Crippen LogP contribution is -2.64. The van der Waals surface area contributed by atoms with Crippen molar-refractivity contribution in [1.82, 2.24) is 0 Å². The zero-order chi connectivity index (χ0) is 44.0.